The molecule has 1 amide bonds. The van der Waals surface area contributed by atoms with Crippen LogP contribution >= 0.6 is 11.6 Å². The number of ether oxygens (including phenoxy) is 1. The average molecular weight is 464 g/mol. The Morgan fingerprint density at radius 2 is 2.06 bits per heavy atom. The third kappa shape index (κ3) is 4.15. The number of amides is 1. The molecule has 3 aromatic heterocycles. The van der Waals surface area contributed by atoms with E-state index in [4.69, 9.17) is 21.7 Å². The number of rotatable bonds is 5. The fraction of sp³-hybridized carbons (Fsp3) is 0.250. The molecule has 1 fully saturated rings. The van der Waals surface area contributed by atoms with Gasteiger partial charge in [-0.25, -0.2) is 4.98 Å². The lowest BCUT2D eigenvalue weighted by molar-refractivity contribution is 0.0856. The second-order valence-electron chi connectivity index (χ2n) is 8.05. The molecule has 5 rings (SSSR count). The SMILES string of the molecule is N=c1c(C(=O)NC[C@H]2CCCO2)cc2c(=O)n3ccccc3nc2n1Cc1ccc(Cl)cc1. The Morgan fingerprint density at radius 1 is 1.24 bits per heavy atom. The first kappa shape index (κ1) is 21.4. The minimum absolute atomic E-state index is 0.0190. The fourth-order valence-electron chi connectivity index (χ4n) is 4.09. The Labute approximate surface area is 193 Å². The van der Waals surface area contributed by atoms with Crippen molar-refractivity contribution in [3.8, 4) is 0 Å². The summed E-state index contributed by atoms with van der Waals surface area (Å²) >= 11 is 6.02. The maximum Gasteiger partial charge on any atom is 0.267 e. The highest BCUT2D eigenvalue weighted by Gasteiger charge is 2.20. The van der Waals surface area contributed by atoms with Gasteiger partial charge in [0.25, 0.3) is 11.5 Å². The van der Waals surface area contributed by atoms with Crippen LogP contribution in [0, 0.1) is 5.41 Å². The van der Waals surface area contributed by atoms with Gasteiger partial charge in [0.1, 0.15) is 16.8 Å². The van der Waals surface area contributed by atoms with Crippen molar-refractivity contribution in [3.05, 3.63) is 86.7 Å². The Morgan fingerprint density at radius 3 is 2.82 bits per heavy atom. The molecule has 1 aromatic carbocycles. The van der Waals surface area contributed by atoms with Crippen molar-refractivity contribution >= 4 is 34.2 Å². The summed E-state index contributed by atoms with van der Waals surface area (Å²) in [4.78, 5) is 31.0. The molecule has 9 heteroatoms. The number of carbonyl (C=O) groups excluding carboxylic acids is 1. The van der Waals surface area contributed by atoms with E-state index in [2.05, 4.69) is 10.3 Å². The molecule has 4 aromatic rings. The number of fused-ring (bicyclic) bond motifs is 2. The lowest BCUT2D eigenvalue weighted by Crippen LogP contribution is -2.38. The normalized spacial score (nSPS) is 15.8. The van der Waals surface area contributed by atoms with E-state index < -0.39 is 5.91 Å². The smallest absolute Gasteiger partial charge is 0.267 e. The Hall–Kier alpha value is -3.49. The highest BCUT2D eigenvalue weighted by Crippen LogP contribution is 2.15. The van der Waals surface area contributed by atoms with Gasteiger partial charge in [-0.3, -0.25) is 19.4 Å². The van der Waals surface area contributed by atoms with E-state index in [1.807, 2.05) is 12.1 Å². The number of pyridine rings is 2. The van der Waals surface area contributed by atoms with Crippen LogP contribution in [0.2, 0.25) is 5.02 Å². The van der Waals surface area contributed by atoms with Gasteiger partial charge in [0.05, 0.1) is 23.6 Å². The average Bonchev–Trinajstić information content (AvgIpc) is 3.35. The van der Waals surface area contributed by atoms with Crippen molar-refractivity contribution in [2.75, 3.05) is 13.2 Å². The van der Waals surface area contributed by atoms with Crippen molar-refractivity contribution in [1.29, 1.82) is 5.41 Å². The molecule has 4 heterocycles. The molecule has 33 heavy (non-hydrogen) atoms. The van der Waals surface area contributed by atoms with Crippen molar-refractivity contribution < 1.29 is 9.53 Å². The van der Waals surface area contributed by atoms with Gasteiger partial charge in [-0.1, -0.05) is 29.8 Å². The lowest BCUT2D eigenvalue weighted by Gasteiger charge is -2.16. The predicted octanol–water partition coefficient (Wildman–Crippen LogP) is 2.74. The monoisotopic (exact) mass is 463 g/mol. The number of benzene rings is 1. The topological polar surface area (TPSA) is 101 Å². The van der Waals surface area contributed by atoms with Crippen molar-refractivity contribution in [2.24, 2.45) is 0 Å². The number of nitrogens with zero attached hydrogens (tertiary/aromatic N) is 3. The van der Waals surface area contributed by atoms with Gasteiger partial charge in [0.15, 0.2) is 0 Å². The van der Waals surface area contributed by atoms with Crippen LogP contribution in [0.25, 0.3) is 16.7 Å². The second kappa shape index (κ2) is 8.80. The maximum atomic E-state index is 13.3. The van der Waals surface area contributed by atoms with Gasteiger partial charge < -0.3 is 14.6 Å². The van der Waals surface area contributed by atoms with Crippen LogP contribution in [0.4, 0.5) is 0 Å². The van der Waals surface area contributed by atoms with Crippen LogP contribution < -0.4 is 16.4 Å². The molecule has 168 valence electrons. The van der Waals surface area contributed by atoms with Gasteiger partial charge in [-0.15, -0.1) is 0 Å². The zero-order valence-corrected chi connectivity index (χ0v) is 18.5. The molecule has 1 saturated heterocycles. The molecular formula is C24H22ClN5O3. The van der Waals surface area contributed by atoms with E-state index in [1.165, 1.54) is 10.5 Å². The van der Waals surface area contributed by atoms with Crippen molar-refractivity contribution in [3.63, 3.8) is 0 Å². The molecule has 0 aliphatic carbocycles. The van der Waals surface area contributed by atoms with E-state index in [1.54, 1.807) is 41.1 Å². The predicted molar refractivity (Wildman–Crippen MR) is 125 cm³/mol. The van der Waals surface area contributed by atoms with Crippen LogP contribution in [-0.4, -0.2) is 39.1 Å². The van der Waals surface area contributed by atoms with E-state index >= 15 is 0 Å². The lowest BCUT2D eigenvalue weighted by atomic mass is 10.1. The molecule has 1 aliphatic heterocycles. The highest BCUT2D eigenvalue weighted by atomic mass is 35.5. The van der Waals surface area contributed by atoms with Gasteiger partial charge in [0, 0.05) is 24.4 Å². The minimum Gasteiger partial charge on any atom is -0.376 e. The molecule has 0 bridgehead atoms. The molecule has 0 radical (unpaired) electrons. The van der Waals surface area contributed by atoms with Crippen LogP contribution in [0.3, 0.4) is 0 Å². The first-order chi connectivity index (χ1) is 16.0. The van der Waals surface area contributed by atoms with E-state index in [9.17, 15) is 9.59 Å². The Balaban J connectivity index is 1.66. The number of hydrogen-bond donors (Lipinski definition) is 2. The van der Waals surface area contributed by atoms with Crippen LogP contribution in [0.5, 0.6) is 0 Å². The molecule has 1 atom stereocenters. The summed E-state index contributed by atoms with van der Waals surface area (Å²) in [6.07, 6.45) is 3.47. The summed E-state index contributed by atoms with van der Waals surface area (Å²) in [5, 5.41) is 12.5. The zero-order valence-electron chi connectivity index (χ0n) is 17.8. The molecule has 0 unspecified atom stereocenters. The first-order valence-corrected chi connectivity index (χ1v) is 11.1. The van der Waals surface area contributed by atoms with Crippen molar-refractivity contribution in [1.82, 2.24) is 19.3 Å². The summed E-state index contributed by atoms with van der Waals surface area (Å²) < 4.78 is 8.61. The highest BCUT2D eigenvalue weighted by molar-refractivity contribution is 6.30. The van der Waals surface area contributed by atoms with E-state index in [0.717, 1.165) is 18.4 Å². The molecule has 0 saturated carbocycles. The van der Waals surface area contributed by atoms with E-state index in [0.29, 0.717) is 29.5 Å². The third-order valence-corrected chi connectivity index (χ3v) is 6.08. The largest absolute Gasteiger partial charge is 0.376 e. The van der Waals surface area contributed by atoms with Gasteiger partial charge >= 0.3 is 0 Å². The summed E-state index contributed by atoms with van der Waals surface area (Å²) in [6.45, 7) is 1.31. The second-order valence-corrected chi connectivity index (χ2v) is 8.48. The first-order valence-electron chi connectivity index (χ1n) is 10.7. The quantitative estimate of drug-likeness (QED) is 0.444. The summed E-state index contributed by atoms with van der Waals surface area (Å²) in [5.41, 5.74) is 1.48. The number of halogens is 1. The molecule has 0 spiro atoms. The summed E-state index contributed by atoms with van der Waals surface area (Å²) in [6, 6.07) is 14.0. The number of carbonyl (C=O) groups is 1. The van der Waals surface area contributed by atoms with E-state index in [-0.39, 0.29) is 34.6 Å². The van der Waals surface area contributed by atoms with Crippen molar-refractivity contribution in [2.45, 2.75) is 25.5 Å². The standard InChI is InChI=1S/C24H22ClN5O3/c25-16-8-6-15(7-9-16)14-30-21(26)18(23(31)27-13-17-4-3-11-33-17)12-19-22(30)28-20-5-1-2-10-29(20)24(19)32/h1-2,5-10,12,17,26H,3-4,11,13-14H2,(H,27,31)/t17-/m1/s1. The molecule has 8 nitrogen and oxygen atoms in total. The Kier molecular flexibility index (Phi) is 5.70. The Bertz CT molecular complexity index is 1470. The summed E-state index contributed by atoms with van der Waals surface area (Å²) in [7, 11) is 0. The molecule has 1 aliphatic rings. The molecule has 2 N–H and O–H groups in total. The number of hydrogen-bond acceptors (Lipinski definition) is 5. The van der Waals surface area contributed by atoms with Gasteiger partial charge in [0.2, 0.25) is 0 Å². The maximum absolute atomic E-state index is 13.3. The van der Waals surface area contributed by atoms with Crippen LogP contribution in [-0.2, 0) is 11.3 Å². The molecular weight excluding hydrogens is 442 g/mol. The minimum atomic E-state index is -0.417. The number of nitrogens with one attached hydrogen (secondary N) is 2. The fourth-order valence-corrected chi connectivity index (χ4v) is 4.22. The van der Waals surface area contributed by atoms with Crippen LogP contribution in [0.1, 0.15) is 28.8 Å². The zero-order chi connectivity index (χ0) is 22.9. The van der Waals surface area contributed by atoms with Crippen LogP contribution in [0.15, 0.2) is 59.5 Å². The third-order valence-electron chi connectivity index (χ3n) is 5.83. The van der Waals surface area contributed by atoms with Gasteiger partial charge in [-0.05, 0) is 48.7 Å². The number of aromatic nitrogens is 3. The summed E-state index contributed by atoms with van der Waals surface area (Å²) in [5.74, 6) is -0.417. The van der Waals surface area contributed by atoms with Gasteiger partial charge in [-0.2, -0.15) is 0 Å².